The van der Waals surface area contributed by atoms with Crippen molar-refractivity contribution in [1.82, 2.24) is 9.78 Å². The number of alkyl halides is 2. The van der Waals surface area contributed by atoms with Gasteiger partial charge in [0, 0.05) is 19.2 Å². The van der Waals surface area contributed by atoms with Gasteiger partial charge in [0.15, 0.2) is 0 Å². The molecule has 1 heterocycles. The van der Waals surface area contributed by atoms with E-state index in [0.29, 0.717) is 5.69 Å². The molecule has 0 radical (unpaired) electrons. The Morgan fingerprint density at radius 3 is 2.62 bits per heavy atom. The molecule has 0 aliphatic carbocycles. The molecule has 3 nitrogen and oxygen atoms in total. The van der Waals surface area contributed by atoms with Crippen LogP contribution in [0, 0.1) is 6.92 Å². The van der Waals surface area contributed by atoms with Crippen molar-refractivity contribution < 1.29 is 8.78 Å². The Morgan fingerprint density at radius 1 is 1.62 bits per heavy atom. The Labute approximate surface area is 75.5 Å². The number of aryl methyl sites for hydroxylation is 2. The van der Waals surface area contributed by atoms with Crippen molar-refractivity contribution in [2.24, 2.45) is 12.8 Å². The lowest BCUT2D eigenvalue weighted by atomic mass is 10.1. The van der Waals surface area contributed by atoms with Gasteiger partial charge in [-0.3, -0.25) is 4.68 Å². The summed E-state index contributed by atoms with van der Waals surface area (Å²) in [5.74, 6) is -2.90. The number of nitrogens with two attached hydrogens (primary N) is 1. The zero-order valence-corrected chi connectivity index (χ0v) is 7.72. The zero-order valence-electron chi connectivity index (χ0n) is 7.72. The van der Waals surface area contributed by atoms with Gasteiger partial charge in [-0.1, -0.05) is 0 Å². The second-order valence-electron chi connectivity index (χ2n) is 3.04. The van der Waals surface area contributed by atoms with Crippen LogP contribution in [0.2, 0.25) is 0 Å². The van der Waals surface area contributed by atoms with Crippen molar-refractivity contribution in [2.75, 3.05) is 6.54 Å². The zero-order chi connectivity index (χ0) is 10.1. The van der Waals surface area contributed by atoms with E-state index < -0.39 is 5.92 Å². The summed E-state index contributed by atoms with van der Waals surface area (Å²) in [6, 6.07) is 1.38. The van der Waals surface area contributed by atoms with Crippen LogP contribution in [0.1, 0.15) is 17.8 Å². The first kappa shape index (κ1) is 10.1. The van der Waals surface area contributed by atoms with Gasteiger partial charge in [-0.05, 0) is 19.5 Å². The lowest BCUT2D eigenvalue weighted by Gasteiger charge is -2.11. The molecule has 1 aromatic rings. The Hall–Kier alpha value is -0.970. The topological polar surface area (TPSA) is 43.8 Å². The van der Waals surface area contributed by atoms with Crippen LogP contribution < -0.4 is 5.73 Å². The molecule has 2 N–H and O–H groups in total. The molecule has 0 fully saturated rings. The summed E-state index contributed by atoms with van der Waals surface area (Å²) in [5.41, 5.74) is 5.60. The molecule has 0 unspecified atom stereocenters. The maximum absolute atomic E-state index is 13.2. The van der Waals surface area contributed by atoms with E-state index in [0.717, 1.165) is 0 Å². The van der Waals surface area contributed by atoms with E-state index >= 15 is 0 Å². The summed E-state index contributed by atoms with van der Waals surface area (Å²) in [5, 5.41) is 3.71. The van der Waals surface area contributed by atoms with Crippen LogP contribution in [0.4, 0.5) is 8.78 Å². The molecule has 0 spiro atoms. The highest BCUT2D eigenvalue weighted by Crippen LogP contribution is 2.29. The molecule has 0 amide bonds. The summed E-state index contributed by atoms with van der Waals surface area (Å²) < 4.78 is 27.8. The normalized spacial score (nSPS) is 12.1. The van der Waals surface area contributed by atoms with Crippen molar-refractivity contribution in [1.29, 1.82) is 0 Å². The fraction of sp³-hybridized carbons (Fsp3) is 0.625. The smallest absolute Gasteiger partial charge is 0.292 e. The van der Waals surface area contributed by atoms with Gasteiger partial charge in [-0.25, -0.2) is 0 Å². The van der Waals surface area contributed by atoms with Crippen LogP contribution in [-0.2, 0) is 13.0 Å². The minimum atomic E-state index is -2.90. The molecule has 74 valence electrons. The lowest BCUT2D eigenvalue weighted by molar-refractivity contribution is -0.0156. The molecule has 0 aromatic carbocycles. The molecular formula is C8H13F2N3. The van der Waals surface area contributed by atoms with Crippen LogP contribution in [-0.4, -0.2) is 16.3 Å². The molecular weight excluding hydrogens is 176 g/mol. The third-order valence-corrected chi connectivity index (χ3v) is 1.95. The first-order chi connectivity index (χ1) is 5.97. The maximum atomic E-state index is 13.2. The molecule has 0 saturated carbocycles. The Morgan fingerprint density at radius 2 is 2.23 bits per heavy atom. The van der Waals surface area contributed by atoms with E-state index in [2.05, 4.69) is 5.10 Å². The van der Waals surface area contributed by atoms with Gasteiger partial charge in [-0.2, -0.15) is 13.9 Å². The SMILES string of the molecule is Cc1cc(C(F)(F)CCN)nn1C. The molecule has 0 atom stereocenters. The molecule has 13 heavy (non-hydrogen) atoms. The summed E-state index contributed by atoms with van der Waals surface area (Å²) in [7, 11) is 1.64. The second kappa shape index (κ2) is 3.41. The highest BCUT2D eigenvalue weighted by atomic mass is 19.3. The fourth-order valence-electron chi connectivity index (χ4n) is 1.05. The van der Waals surface area contributed by atoms with E-state index in [-0.39, 0.29) is 18.7 Å². The summed E-state index contributed by atoms with van der Waals surface area (Å²) in [6.07, 6.45) is -0.358. The first-order valence-corrected chi connectivity index (χ1v) is 4.06. The van der Waals surface area contributed by atoms with Crippen LogP contribution in [0.5, 0.6) is 0 Å². The van der Waals surface area contributed by atoms with Crippen LogP contribution in [0.25, 0.3) is 0 Å². The number of nitrogens with zero attached hydrogens (tertiary/aromatic N) is 2. The van der Waals surface area contributed by atoms with Crippen molar-refractivity contribution in [3.63, 3.8) is 0 Å². The molecule has 1 aromatic heterocycles. The van der Waals surface area contributed by atoms with E-state index in [1.165, 1.54) is 10.7 Å². The average molecular weight is 189 g/mol. The van der Waals surface area contributed by atoms with Crippen molar-refractivity contribution in [3.8, 4) is 0 Å². The first-order valence-electron chi connectivity index (χ1n) is 4.06. The van der Waals surface area contributed by atoms with Crippen LogP contribution in [0.15, 0.2) is 6.07 Å². The third-order valence-electron chi connectivity index (χ3n) is 1.95. The van der Waals surface area contributed by atoms with Gasteiger partial charge in [0.05, 0.1) is 0 Å². The van der Waals surface area contributed by atoms with E-state index in [1.807, 2.05) is 0 Å². The molecule has 1 rings (SSSR count). The van der Waals surface area contributed by atoms with E-state index in [9.17, 15) is 8.78 Å². The van der Waals surface area contributed by atoms with Crippen LogP contribution >= 0.6 is 0 Å². The summed E-state index contributed by atoms with van der Waals surface area (Å²) in [6.45, 7) is 1.69. The third kappa shape index (κ3) is 2.03. The summed E-state index contributed by atoms with van der Waals surface area (Å²) in [4.78, 5) is 0. The second-order valence-corrected chi connectivity index (χ2v) is 3.04. The number of hydrogen-bond acceptors (Lipinski definition) is 2. The predicted molar refractivity (Wildman–Crippen MR) is 45.5 cm³/mol. The molecule has 0 saturated heterocycles. The lowest BCUT2D eigenvalue weighted by Crippen LogP contribution is -2.19. The van der Waals surface area contributed by atoms with Gasteiger partial charge in [0.25, 0.3) is 5.92 Å². The van der Waals surface area contributed by atoms with Crippen LogP contribution in [0.3, 0.4) is 0 Å². The predicted octanol–water partition coefficient (Wildman–Crippen LogP) is 1.17. The van der Waals surface area contributed by atoms with Gasteiger partial charge >= 0.3 is 0 Å². The van der Waals surface area contributed by atoms with Crippen molar-refractivity contribution in [2.45, 2.75) is 19.3 Å². The minimum Gasteiger partial charge on any atom is -0.330 e. The quantitative estimate of drug-likeness (QED) is 0.775. The van der Waals surface area contributed by atoms with Gasteiger partial charge < -0.3 is 5.73 Å². The largest absolute Gasteiger partial charge is 0.330 e. The van der Waals surface area contributed by atoms with E-state index in [4.69, 9.17) is 5.73 Å². The van der Waals surface area contributed by atoms with Crippen molar-refractivity contribution in [3.05, 3.63) is 17.5 Å². The number of halogens is 2. The highest BCUT2D eigenvalue weighted by Gasteiger charge is 2.33. The van der Waals surface area contributed by atoms with Gasteiger partial charge in [-0.15, -0.1) is 0 Å². The van der Waals surface area contributed by atoms with Crippen molar-refractivity contribution >= 4 is 0 Å². The van der Waals surface area contributed by atoms with Gasteiger partial charge in [0.1, 0.15) is 5.69 Å². The Balaban J connectivity index is 2.93. The molecule has 0 aliphatic rings. The highest BCUT2D eigenvalue weighted by molar-refractivity contribution is 5.13. The monoisotopic (exact) mass is 189 g/mol. The molecule has 0 bridgehead atoms. The summed E-state index contributed by atoms with van der Waals surface area (Å²) >= 11 is 0. The molecule has 5 heteroatoms. The number of aromatic nitrogens is 2. The Kier molecular flexibility index (Phi) is 2.66. The average Bonchev–Trinajstić information content (AvgIpc) is 2.33. The molecule has 0 aliphatic heterocycles. The number of rotatable bonds is 3. The van der Waals surface area contributed by atoms with E-state index in [1.54, 1.807) is 14.0 Å². The minimum absolute atomic E-state index is 0.0391. The van der Waals surface area contributed by atoms with Gasteiger partial charge in [0.2, 0.25) is 0 Å². The standard InChI is InChI=1S/C8H13F2N3/c1-6-5-7(12-13(6)2)8(9,10)3-4-11/h5H,3-4,11H2,1-2H3. The Bertz CT molecular complexity index is 274. The number of hydrogen-bond donors (Lipinski definition) is 1. The fourth-order valence-corrected chi connectivity index (χ4v) is 1.05. The maximum Gasteiger partial charge on any atom is 0.292 e.